The number of halogens is 1. The molecule has 2 aromatic carbocycles. The maximum Gasteiger partial charge on any atom is 0.241 e. The van der Waals surface area contributed by atoms with Crippen LogP contribution in [0.25, 0.3) is 0 Å². The number of carbonyl (C=O) groups excluding carboxylic acids is 1. The van der Waals surface area contributed by atoms with E-state index in [-0.39, 0.29) is 18.5 Å². The van der Waals surface area contributed by atoms with Crippen molar-refractivity contribution in [2.75, 3.05) is 17.1 Å². The van der Waals surface area contributed by atoms with E-state index in [1.807, 2.05) is 39.0 Å². The van der Waals surface area contributed by atoms with E-state index < -0.39 is 15.6 Å². The first-order valence-electron chi connectivity index (χ1n) is 9.27. The van der Waals surface area contributed by atoms with Crippen LogP contribution in [0.4, 0.5) is 5.69 Å². The summed E-state index contributed by atoms with van der Waals surface area (Å²) in [7, 11) is -3.63. The molecule has 156 valence electrons. The number of anilines is 1. The summed E-state index contributed by atoms with van der Waals surface area (Å²) in [5.41, 5.74) is 1.96. The van der Waals surface area contributed by atoms with E-state index in [0.717, 1.165) is 31.9 Å². The largest absolute Gasteiger partial charge is 0.487 e. The zero-order valence-corrected chi connectivity index (χ0v) is 19.3. The Balaban J connectivity index is 1.85. The number of benzene rings is 2. The Morgan fingerprint density at radius 1 is 1.28 bits per heavy atom. The number of hydrogen-bond donors (Lipinski definition) is 1. The maximum absolute atomic E-state index is 12.9. The maximum atomic E-state index is 12.9. The van der Waals surface area contributed by atoms with Crippen molar-refractivity contribution in [2.45, 2.75) is 38.8 Å². The number of carbonyl (C=O) groups is 1. The van der Waals surface area contributed by atoms with Crippen LogP contribution in [0.15, 0.2) is 46.9 Å². The van der Waals surface area contributed by atoms with Crippen LogP contribution in [0, 0.1) is 6.92 Å². The summed E-state index contributed by atoms with van der Waals surface area (Å²) in [5.74, 6) is 0.370. The molecule has 8 heteroatoms. The van der Waals surface area contributed by atoms with Crippen molar-refractivity contribution in [1.29, 1.82) is 0 Å². The third kappa shape index (κ3) is 5.30. The predicted molar refractivity (Wildman–Crippen MR) is 118 cm³/mol. The summed E-state index contributed by atoms with van der Waals surface area (Å²) in [6.07, 6.45) is 1.68. The van der Waals surface area contributed by atoms with Gasteiger partial charge >= 0.3 is 0 Å². The fraction of sp³-hybridized carbons (Fsp3) is 0.381. The van der Waals surface area contributed by atoms with E-state index in [1.165, 1.54) is 0 Å². The van der Waals surface area contributed by atoms with Gasteiger partial charge in [0, 0.05) is 16.5 Å². The number of hydrogen-bond acceptors (Lipinski definition) is 4. The van der Waals surface area contributed by atoms with E-state index in [2.05, 4.69) is 21.2 Å². The minimum absolute atomic E-state index is 0.259. The molecule has 1 aliphatic heterocycles. The lowest BCUT2D eigenvalue weighted by Gasteiger charge is -2.38. The number of amides is 1. The minimum Gasteiger partial charge on any atom is -0.487 e. The summed E-state index contributed by atoms with van der Waals surface area (Å²) in [6.45, 7) is 5.63. The first-order valence-corrected chi connectivity index (χ1v) is 11.9. The van der Waals surface area contributed by atoms with E-state index in [0.29, 0.717) is 12.1 Å². The monoisotopic (exact) mass is 480 g/mol. The highest BCUT2D eigenvalue weighted by Crippen LogP contribution is 2.39. The first-order chi connectivity index (χ1) is 13.4. The molecule has 0 bridgehead atoms. The quantitative estimate of drug-likeness (QED) is 0.702. The van der Waals surface area contributed by atoms with Gasteiger partial charge in [-0.1, -0.05) is 39.7 Å². The molecule has 0 radical (unpaired) electrons. The fourth-order valence-corrected chi connectivity index (χ4v) is 4.74. The van der Waals surface area contributed by atoms with Gasteiger partial charge < -0.3 is 10.1 Å². The Morgan fingerprint density at radius 3 is 2.66 bits per heavy atom. The second kappa shape index (κ2) is 7.99. The van der Waals surface area contributed by atoms with Gasteiger partial charge in [-0.05, 0) is 45.0 Å². The summed E-state index contributed by atoms with van der Waals surface area (Å²) in [5, 5.41) is 3.01. The number of aryl methyl sites for hydroxylation is 1. The molecule has 29 heavy (non-hydrogen) atoms. The molecule has 1 atom stereocenters. The van der Waals surface area contributed by atoms with Gasteiger partial charge in [-0.2, -0.15) is 0 Å². The number of ether oxygens (including phenoxy) is 1. The Kier molecular flexibility index (Phi) is 5.96. The van der Waals surface area contributed by atoms with Crippen LogP contribution in [-0.4, -0.2) is 32.7 Å². The normalized spacial score (nSPS) is 17.8. The highest BCUT2D eigenvalue weighted by Gasteiger charge is 2.35. The molecule has 6 nitrogen and oxygen atoms in total. The molecular weight excluding hydrogens is 456 g/mol. The van der Waals surface area contributed by atoms with Gasteiger partial charge in [-0.15, -0.1) is 0 Å². The molecule has 2 aromatic rings. The standard InChI is InChI=1S/C21H25BrN2O4S/c1-14-8-9-19-17(10-14)18(12-21(2,3)28-19)23-20(25)13-24(29(4,26)27)16-7-5-6-15(22)11-16/h5-11,18H,12-13H2,1-4H3,(H,23,25). The highest BCUT2D eigenvalue weighted by atomic mass is 79.9. The van der Waals surface area contributed by atoms with E-state index in [1.54, 1.807) is 24.3 Å². The first kappa shape index (κ1) is 21.6. The second-order valence-electron chi connectivity index (χ2n) is 7.98. The van der Waals surface area contributed by atoms with Crippen LogP contribution in [-0.2, 0) is 14.8 Å². The summed E-state index contributed by atoms with van der Waals surface area (Å²) in [6, 6.07) is 12.5. The fourth-order valence-electron chi connectivity index (χ4n) is 3.50. The van der Waals surface area contributed by atoms with Crippen molar-refractivity contribution in [3.63, 3.8) is 0 Å². The molecule has 1 amide bonds. The van der Waals surface area contributed by atoms with Crippen molar-refractivity contribution in [3.05, 3.63) is 58.1 Å². The average Bonchev–Trinajstić information content (AvgIpc) is 2.58. The van der Waals surface area contributed by atoms with Crippen LogP contribution in [0.5, 0.6) is 5.75 Å². The van der Waals surface area contributed by atoms with Crippen LogP contribution >= 0.6 is 15.9 Å². The number of fused-ring (bicyclic) bond motifs is 1. The van der Waals surface area contributed by atoms with Crippen LogP contribution in [0.2, 0.25) is 0 Å². The van der Waals surface area contributed by atoms with Gasteiger partial charge in [0.2, 0.25) is 15.9 Å². The van der Waals surface area contributed by atoms with Crippen LogP contribution in [0.3, 0.4) is 0 Å². The summed E-state index contributed by atoms with van der Waals surface area (Å²) in [4.78, 5) is 12.9. The number of nitrogens with zero attached hydrogens (tertiary/aromatic N) is 1. The van der Waals surface area contributed by atoms with Crippen molar-refractivity contribution in [3.8, 4) is 5.75 Å². The van der Waals surface area contributed by atoms with Gasteiger partial charge in [-0.25, -0.2) is 8.42 Å². The van der Waals surface area contributed by atoms with Crippen molar-refractivity contribution < 1.29 is 17.9 Å². The zero-order valence-electron chi connectivity index (χ0n) is 16.9. The number of sulfonamides is 1. The average molecular weight is 481 g/mol. The van der Waals surface area contributed by atoms with E-state index >= 15 is 0 Å². The van der Waals surface area contributed by atoms with Gasteiger partial charge in [0.1, 0.15) is 17.9 Å². The third-order valence-corrected chi connectivity index (χ3v) is 6.38. The lowest BCUT2D eigenvalue weighted by molar-refractivity contribution is -0.120. The molecule has 1 N–H and O–H groups in total. The molecular formula is C21H25BrN2O4S. The van der Waals surface area contributed by atoms with Gasteiger partial charge in [0.15, 0.2) is 0 Å². The van der Waals surface area contributed by atoms with Crippen LogP contribution in [0.1, 0.15) is 37.4 Å². The van der Waals surface area contributed by atoms with Gasteiger partial charge in [-0.3, -0.25) is 9.10 Å². The zero-order chi connectivity index (χ0) is 21.4. The predicted octanol–water partition coefficient (Wildman–Crippen LogP) is 3.94. The lowest BCUT2D eigenvalue weighted by Crippen LogP contribution is -2.45. The molecule has 1 aliphatic rings. The van der Waals surface area contributed by atoms with Crippen molar-refractivity contribution >= 4 is 37.5 Å². The number of rotatable bonds is 5. The molecule has 0 saturated carbocycles. The van der Waals surface area contributed by atoms with Gasteiger partial charge in [0.05, 0.1) is 18.0 Å². The minimum atomic E-state index is -3.63. The summed E-state index contributed by atoms with van der Waals surface area (Å²) < 4.78 is 32.5. The molecule has 0 saturated heterocycles. The van der Waals surface area contributed by atoms with Crippen molar-refractivity contribution in [2.24, 2.45) is 0 Å². The molecule has 0 aromatic heterocycles. The molecule has 0 fully saturated rings. The Bertz CT molecular complexity index is 1040. The highest BCUT2D eigenvalue weighted by molar-refractivity contribution is 9.10. The molecule has 1 unspecified atom stereocenters. The van der Waals surface area contributed by atoms with E-state index in [9.17, 15) is 13.2 Å². The van der Waals surface area contributed by atoms with Crippen LogP contribution < -0.4 is 14.4 Å². The Labute approximate surface area is 180 Å². The Hall–Kier alpha value is -2.06. The molecule has 0 aliphatic carbocycles. The number of nitrogens with one attached hydrogen (secondary N) is 1. The Morgan fingerprint density at radius 2 is 2.00 bits per heavy atom. The van der Waals surface area contributed by atoms with Crippen molar-refractivity contribution in [1.82, 2.24) is 5.32 Å². The molecule has 3 rings (SSSR count). The third-order valence-electron chi connectivity index (χ3n) is 4.74. The van der Waals surface area contributed by atoms with E-state index in [4.69, 9.17) is 4.74 Å². The molecule has 0 spiro atoms. The van der Waals surface area contributed by atoms with Gasteiger partial charge in [0.25, 0.3) is 0 Å². The molecule has 1 heterocycles. The lowest BCUT2D eigenvalue weighted by atomic mass is 9.89. The summed E-state index contributed by atoms with van der Waals surface area (Å²) >= 11 is 3.34. The second-order valence-corrected chi connectivity index (χ2v) is 10.8. The topological polar surface area (TPSA) is 75.7 Å². The SMILES string of the molecule is Cc1ccc2c(c1)C(NC(=O)CN(c1cccc(Br)c1)S(C)(=O)=O)CC(C)(C)O2. The smallest absolute Gasteiger partial charge is 0.241 e.